The topological polar surface area (TPSA) is 34.1 Å². The van der Waals surface area contributed by atoms with Crippen LogP contribution in [0.15, 0.2) is 63.3 Å². The first-order valence-corrected chi connectivity index (χ1v) is 8.02. The highest BCUT2D eigenvalue weighted by Crippen LogP contribution is 2.26. The molecule has 0 atom stereocenters. The van der Waals surface area contributed by atoms with Gasteiger partial charge in [-0.15, -0.1) is 0 Å². The van der Waals surface area contributed by atoms with Crippen LogP contribution in [-0.4, -0.2) is 8.42 Å². The lowest BCUT2D eigenvalue weighted by Gasteiger charge is -2.04. The molecule has 2 aromatic rings. The monoisotopic (exact) mass is 336 g/mol. The molecular formula is C15H13BrO2S. The summed E-state index contributed by atoms with van der Waals surface area (Å²) in [5.41, 5.74) is 1.87. The fourth-order valence-corrected chi connectivity index (χ4v) is 3.42. The van der Waals surface area contributed by atoms with E-state index in [0.29, 0.717) is 0 Å². The predicted octanol–water partition coefficient (Wildman–Crippen LogP) is 4.16. The zero-order chi connectivity index (χ0) is 13.9. The molecule has 0 N–H and O–H groups in total. The molecule has 98 valence electrons. The zero-order valence-electron chi connectivity index (χ0n) is 10.4. The van der Waals surface area contributed by atoms with Crippen LogP contribution in [-0.2, 0) is 9.84 Å². The highest BCUT2D eigenvalue weighted by Gasteiger charge is 2.18. The van der Waals surface area contributed by atoms with Gasteiger partial charge in [-0.1, -0.05) is 48.0 Å². The molecule has 0 bridgehead atoms. The van der Waals surface area contributed by atoms with E-state index in [1.54, 1.807) is 30.3 Å². The van der Waals surface area contributed by atoms with E-state index in [0.717, 1.165) is 11.1 Å². The summed E-state index contributed by atoms with van der Waals surface area (Å²) in [5, 5.41) is 0. The second-order valence-electron chi connectivity index (χ2n) is 4.18. The molecule has 19 heavy (non-hydrogen) atoms. The van der Waals surface area contributed by atoms with Crippen molar-refractivity contribution >= 4 is 31.8 Å². The lowest BCUT2D eigenvalue weighted by Crippen LogP contribution is -2.00. The first-order valence-electron chi connectivity index (χ1n) is 5.74. The van der Waals surface area contributed by atoms with E-state index in [4.69, 9.17) is 0 Å². The predicted molar refractivity (Wildman–Crippen MR) is 81.7 cm³/mol. The Balaban J connectivity index is 2.40. The third-order valence-electron chi connectivity index (χ3n) is 2.67. The van der Waals surface area contributed by atoms with Gasteiger partial charge in [0.25, 0.3) is 0 Å². The third kappa shape index (κ3) is 3.33. The molecule has 2 rings (SSSR count). The second kappa shape index (κ2) is 5.72. The summed E-state index contributed by atoms with van der Waals surface area (Å²) >= 11 is 3.16. The first-order chi connectivity index (χ1) is 9.00. The molecule has 0 radical (unpaired) electrons. The smallest absolute Gasteiger partial charge is 0.213 e. The Labute approximate surface area is 121 Å². The lowest BCUT2D eigenvalue weighted by molar-refractivity contribution is 0.604. The molecule has 0 saturated heterocycles. The molecule has 0 unspecified atom stereocenters. The van der Waals surface area contributed by atoms with Crippen LogP contribution in [0.1, 0.15) is 11.1 Å². The van der Waals surface area contributed by atoms with E-state index in [9.17, 15) is 8.42 Å². The molecule has 0 heterocycles. The Morgan fingerprint density at radius 1 is 1.00 bits per heavy atom. The van der Waals surface area contributed by atoms with E-state index in [1.165, 1.54) is 0 Å². The Morgan fingerprint density at radius 2 is 1.58 bits per heavy atom. The van der Waals surface area contributed by atoms with Crippen LogP contribution in [0.5, 0.6) is 0 Å². The highest BCUT2D eigenvalue weighted by atomic mass is 79.9. The van der Waals surface area contributed by atoms with Crippen LogP contribution in [0.2, 0.25) is 0 Å². The van der Waals surface area contributed by atoms with E-state index in [-0.39, 0.29) is 8.71 Å². The van der Waals surface area contributed by atoms with Crippen LogP contribution in [0.25, 0.3) is 6.08 Å². The maximum atomic E-state index is 12.3. The molecule has 0 amide bonds. The van der Waals surface area contributed by atoms with Gasteiger partial charge in [0.1, 0.15) is 3.81 Å². The molecule has 2 nitrogen and oxygen atoms in total. The number of hydrogen-bond donors (Lipinski definition) is 0. The van der Waals surface area contributed by atoms with Gasteiger partial charge in [-0.05, 0) is 46.6 Å². The normalized spacial score (nSPS) is 12.4. The van der Waals surface area contributed by atoms with Crippen LogP contribution < -0.4 is 0 Å². The van der Waals surface area contributed by atoms with Crippen molar-refractivity contribution in [2.75, 3.05) is 0 Å². The van der Waals surface area contributed by atoms with E-state index < -0.39 is 9.84 Å². The Hall–Kier alpha value is -1.39. The van der Waals surface area contributed by atoms with Crippen LogP contribution in [0.4, 0.5) is 0 Å². The molecule has 0 fully saturated rings. The maximum absolute atomic E-state index is 12.3. The Kier molecular flexibility index (Phi) is 4.22. The van der Waals surface area contributed by atoms with Gasteiger partial charge in [-0.3, -0.25) is 0 Å². The number of sulfone groups is 1. The summed E-state index contributed by atoms with van der Waals surface area (Å²) in [4.78, 5) is 0.289. The Bertz CT molecular complexity index is 687. The highest BCUT2D eigenvalue weighted by molar-refractivity contribution is 9.13. The van der Waals surface area contributed by atoms with Crippen LogP contribution in [0, 0.1) is 6.92 Å². The zero-order valence-corrected chi connectivity index (χ0v) is 12.8. The summed E-state index contributed by atoms with van der Waals surface area (Å²) in [6.45, 7) is 1.92. The van der Waals surface area contributed by atoms with Crippen molar-refractivity contribution in [3.05, 3.63) is 69.5 Å². The summed E-state index contributed by atoms with van der Waals surface area (Å²) in [6.07, 6.45) is 1.61. The number of benzene rings is 2. The molecule has 4 heteroatoms. The van der Waals surface area contributed by atoms with Crippen molar-refractivity contribution in [3.63, 3.8) is 0 Å². The van der Waals surface area contributed by atoms with Crippen molar-refractivity contribution in [1.29, 1.82) is 0 Å². The number of hydrogen-bond acceptors (Lipinski definition) is 2. The third-order valence-corrected chi connectivity index (χ3v) is 5.70. The number of rotatable bonds is 3. The first kappa shape index (κ1) is 14.0. The Morgan fingerprint density at radius 3 is 2.16 bits per heavy atom. The minimum atomic E-state index is -3.48. The lowest BCUT2D eigenvalue weighted by atomic mass is 10.2. The van der Waals surface area contributed by atoms with Gasteiger partial charge in [0, 0.05) is 0 Å². The van der Waals surface area contributed by atoms with Crippen molar-refractivity contribution < 1.29 is 8.42 Å². The summed E-state index contributed by atoms with van der Waals surface area (Å²) < 4.78 is 24.8. The molecule has 0 spiro atoms. The van der Waals surface area contributed by atoms with Gasteiger partial charge in [-0.2, -0.15) is 0 Å². The minimum absolute atomic E-state index is 0.162. The van der Waals surface area contributed by atoms with Crippen molar-refractivity contribution in [2.45, 2.75) is 11.8 Å². The number of aryl methyl sites for hydroxylation is 1. The molecule has 2 aromatic carbocycles. The van der Waals surface area contributed by atoms with Gasteiger partial charge in [-0.25, -0.2) is 8.42 Å². The van der Waals surface area contributed by atoms with Crippen LogP contribution in [0.3, 0.4) is 0 Å². The van der Waals surface area contributed by atoms with E-state index in [2.05, 4.69) is 15.9 Å². The van der Waals surface area contributed by atoms with Gasteiger partial charge in [0.15, 0.2) is 0 Å². The average molecular weight is 337 g/mol. The minimum Gasteiger partial charge on any atom is -0.218 e. The van der Waals surface area contributed by atoms with E-state index >= 15 is 0 Å². The van der Waals surface area contributed by atoms with Gasteiger partial charge >= 0.3 is 0 Å². The van der Waals surface area contributed by atoms with Gasteiger partial charge in [0.05, 0.1) is 4.90 Å². The molecule has 0 aromatic heterocycles. The van der Waals surface area contributed by atoms with Gasteiger partial charge < -0.3 is 0 Å². The largest absolute Gasteiger partial charge is 0.218 e. The molecule has 0 aliphatic heterocycles. The van der Waals surface area contributed by atoms with Crippen molar-refractivity contribution in [1.82, 2.24) is 0 Å². The SMILES string of the molecule is Cc1ccc(S(=O)(=O)/C(Br)=C/c2ccccc2)cc1. The van der Waals surface area contributed by atoms with Crippen molar-refractivity contribution in [3.8, 4) is 0 Å². The fourth-order valence-electron chi connectivity index (χ4n) is 1.59. The molecule has 0 aliphatic rings. The molecule has 0 aliphatic carbocycles. The second-order valence-corrected chi connectivity index (χ2v) is 7.47. The quantitative estimate of drug-likeness (QED) is 0.843. The standard InChI is InChI=1S/C15H13BrO2S/c1-12-7-9-14(10-8-12)19(17,18)15(16)11-13-5-3-2-4-6-13/h2-11H,1H3/b15-11+. The van der Waals surface area contributed by atoms with Crippen molar-refractivity contribution in [2.24, 2.45) is 0 Å². The van der Waals surface area contributed by atoms with Crippen LogP contribution >= 0.6 is 15.9 Å². The molecular weight excluding hydrogens is 324 g/mol. The maximum Gasteiger partial charge on any atom is 0.213 e. The average Bonchev–Trinajstić information content (AvgIpc) is 2.40. The summed E-state index contributed by atoms with van der Waals surface area (Å²) in [5.74, 6) is 0. The number of halogens is 1. The van der Waals surface area contributed by atoms with E-state index in [1.807, 2.05) is 37.3 Å². The molecule has 0 saturated carbocycles. The van der Waals surface area contributed by atoms with Gasteiger partial charge in [0.2, 0.25) is 9.84 Å². The summed E-state index contributed by atoms with van der Waals surface area (Å²) in [6, 6.07) is 16.1. The summed E-state index contributed by atoms with van der Waals surface area (Å²) in [7, 11) is -3.48. The fraction of sp³-hybridized carbons (Fsp3) is 0.0667.